The van der Waals surface area contributed by atoms with Gasteiger partial charge in [0.15, 0.2) is 0 Å². The number of piperazine rings is 1. The molecular weight excluding hydrogens is 222 g/mol. The summed E-state index contributed by atoms with van der Waals surface area (Å²) >= 11 is 0. The van der Waals surface area contributed by atoms with E-state index >= 15 is 0 Å². The van der Waals surface area contributed by atoms with Gasteiger partial charge in [0.2, 0.25) is 0 Å². The number of hydrogen-bond acceptors (Lipinski definition) is 3. The monoisotopic (exact) mass is 247 g/mol. The zero-order valence-corrected chi connectivity index (χ0v) is 11.8. The van der Waals surface area contributed by atoms with Gasteiger partial charge in [-0.3, -0.25) is 0 Å². The Labute approximate surface area is 111 Å². The first kappa shape index (κ1) is 13.4. The van der Waals surface area contributed by atoms with Crippen LogP contribution in [0.3, 0.4) is 0 Å². The van der Waals surface area contributed by atoms with E-state index in [2.05, 4.69) is 48.9 Å². The molecule has 2 rings (SSSR count). The molecule has 3 heteroatoms. The van der Waals surface area contributed by atoms with Gasteiger partial charge in [0.05, 0.1) is 0 Å². The smallest absolute Gasteiger partial charge is 0.0412 e. The number of rotatable bonds is 3. The van der Waals surface area contributed by atoms with Crippen molar-refractivity contribution in [2.45, 2.75) is 26.3 Å². The molecule has 1 heterocycles. The summed E-state index contributed by atoms with van der Waals surface area (Å²) < 4.78 is 0. The van der Waals surface area contributed by atoms with E-state index in [0.717, 1.165) is 26.2 Å². The molecule has 0 radical (unpaired) electrons. The van der Waals surface area contributed by atoms with Gasteiger partial charge in [-0.1, -0.05) is 26.0 Å². The van der Waals surface area contributed by atoms with Crippen LogP contribution in [0, 0.1) is 0 Å². The van der Waals surface area contributed by atoms with Crippen LogP contribution in [0.15, 0.2) is 18.2 Å². The largest absolute Gasteiger partial charge is 0.369 e. The van der Waals surface area contributed by atoms with Crippen molar-refractivity contribution in [3.63, 3.8) is 0 Å². The Morgan fingerprint density at radius 2 is 1.83 bits per heavy atom. The standard InChI is InChI=1S/C15H25N3/c1-12(2)13-4-5-15(14(10-13)11-16)18-8-6-17(3)7-9-18/h4-5,10,12H,6-9,11,16H2,1-3H3. The summed E-state index contributed by atoms with van der Waals surface area (Å²) in [5, 5.41) is 0. The fraction of sp³-hybridized carbons (Fsp3) is 0.600. The first-order chi connectivity index (χ1) is 8.61. The first-order valence-electron chi connectivity index (χ1n) is 6.88. The number of likely N-dealkylation sites (N-methyl/N-ethyl adjacent to an activating group) is 1. The minimum Gasteiger partial charge on any atom is -0.369 e. The van der Waals surface area contributed by atoms with E-state index in [4.69, 9.17) is 5.73 Å². The van der Waals surface area contributed by atoms with Gasteiger partial charge in [-0.25, -0.2) is 0 Å². The molecule has 0 saturated carbocycles. The maximum absolute atomic E-state index is 5.92. The second-order valence-corrected chi connectivity index (χ2v) is 5.54. The van der Waals surface area contributed by atoms with E-state index in [1.807, 2.05) is 0 Å². The molecule has 100 valence electrons. The lowest BCUT2D eigenvalue weighted by Crippen LogP contribution is -2.44. The van der Waals surface area contributed by atoms with Crippen molar-refractivity contribution in [2.75, 3.05) is 38.1 Å². The molecule has 0 spiro atoms. The molecule has 1 fully saturated rings. The zero-order chi connectivity index (χ0) is 13.1. The van der Waals surface area contributed by atoms with E-state index in [-0.39, 0.29) is 0 Å². The minimum absolute atomic E-state index is 0.567. The molecule has 1 aromatic carbocycles. The maximum Gasteiger partial charge on any atom is 0.0412 e. The number of anilines is 1. The third-order valence-electron chi connectivity index (χ3n) is 3.83. The highest BCUT2D eigenvalue weighted by molar-refractivity contribution is 5.55. The van der Waals surface area contributed by atoms with E-state index in [1.54, 1.807) is 0 Å². The van der Waals surface area contributed by atoms with Gasteiger partial charge >= 0.3 is 0 Å². The molecule has 18 heavy (non-hydrogen) atoms. The van der Waals surface area contributed by atoms with Gasteiger partial charge in [-0.05, 0) is 30.2 Å². The normalized spacial score (nSPS) is 17.5. The third-order valence-corrected chi connectivity index (χ3v) is 3.83. The van der Waals surface area contributed by atoms with Crippen molar-refractivity contribution in [1.29, 1.82) is 0 Å². The fourth-order valence-corrected chi connectivity index (χ4v) is 2.48. The van der Waals surface area contributed by atoms with Crippen LogP contribution in [-0.4, -0.2) is 38.1 Å². The number of nitrogens with zero attached hydrogens (tertiary/aromatic N) is 2. The third kappa shape index (κ3) is 2.85. The van der Waals surface area contributed by atoms with E-state index in [9.17, 15) is 0 Å². The van der Waals surface area contributed by atoms with Crippen LogP contribution < -0.4 is 10.6 Å². The van der Waals surface area contributed by atoms with Crippen molar-refractivity contribution in [2.24, 2.45) is 5.73 Å². The highest BCUT2D eigenvalue weighted by Gasteiger charge is 2.17. The summed E-state index contributed by atoms with van der Waals surface area (Å²) in [4.78, 5) is 4.84. The lowest BCUT2D eigenvalue weighted by Gasteiger charge is -2.35. The topological polar surface area (TPSA) is 32.5 Å². The average Bonchev–Trinajstić information content (AvgIpc) is 2.39. The van der Waals surface area contributed by atoms with Crippen molar-refractivity contribution < 1.29 is 0 Å². The van der Waals surface area contributed by atoms with Crippen LogP contribution in [0.4, 0.5) is 5.69 Å². The minimum atomic E-state index is 0.567. The number of benzene rings is 1. The molecule has 1 aliphatic rings. The molecule has 0 aromatic heterocycles. The predicted octanol–water partition coefficient (Wildman–Crippen LogP) is 2.02. The number of hydrogen-bond donors (Lipinski definition) is 1. The Bertz CT molecular complexity index is 393. The molecule has 0 amide bonds. The van der Waals surface area contributed by atoms with E-state index in [0.29, 0.717) is 12.5 Å². The lowest BCUT2D eigenvalue weighted by atomic mass is 9.99. The number of nitrogens with two attached hydrogens (primary N) is 1. The van der Waals surface area contributed by atoms with Crippen molar-refractivity contribution >= 4 is 5.69 Å². The van der Waals surface area contributed by atoms with Gasteiger partial charge in [0.1, 0.15) is 0 Å². The van der Waals surface area contributed by atoms with Crippen LogP contribution in [0.25, 0.3) is 0 Å². The average molecular weight is 247 g/mol. The van der Waals surface area contributed by atoms with Crippen molar-refractivity contribution in [1.82, 2.24) is 4.90 Å². The summed E-state index contributed by atoms with van der Waals surface area (Å²) in [5.41, 5.74) is 9.91. The van der Waals surface area contributed by atoms with Crippen molar-refractivity contribution in [3.05, 3.63) is 29.3 Å². The van der Waals surface area contributed by atoms with Crippen LogP contribution in [0.1, 0.15) is 30.9 Å². The van der Waals surface area contributed by atoms with Gasteiger partial charge in [-0.2, -0.15) is 0 Å². The second-order valence-electron chi connectivity index (χ2n) is 5.54. The lowest BCUT2D eigenvalue weighted by molar-refractivity contribution is 0.312. The summed E-state index contributed by atoms with van der Waals surface area (Å²) in [5.74, 6) is 0.567. The zero-order valence-electron chi connectivity index (χ0n) is 11.8. The Morgan fingerprint density at radius 1 is 1.17 bits per heavy atom. The Balaban J connectivity index is 2.22. The van der Waals surface area contributed by atoms with Crippen LogP contribution in [-0.2, 0) is 6.54 Å². The Morgan fingerprint density at radius 3 is 2.39 bits per heavy atom. The molecule has 1 aromatic rings. The van der Waals surface area contributed by atoms with Crippen molar-refractivity contribution in [3.8, 4) is 0 Å². The molecule has 0 unspecified atom stereocenters. The first-order valence-corrected chi connectivity index (χ1v) is 6.88. The molecule has 1 aliphatic heterocycles. The summed E-state index contributed by atoms with van der Waals surface area (Å²) in [6, 6.07) is 6.78. The van der Waals surface area contributed by atoms with E-state index < -0.39 is 0 Å². The second kappa shape index (κ2) is 5.72. The maximum atomic E-state index is 5.92. The SMILES string of the molecule is CC(C)c1ccc(N2CCN(C)CC2)c(CN)c1. The van der Waals surface area contributed by atoms with Crippen LogP contribution in [0.2, 0.25) is 0 Å². The van der Waals surface area contributed by atoms with E-state index in [1.165, 1.54) is 16.8 Å². The molecule has 1 saturated heterocycles. The van der Waals surface area contributed by atoms with Gasteiger partial charge in [0, 0.05) is 38.4 Å². The summed E-state index contributed by atoms with van der Waals surface area (Å²) in [7, 11) is 2.18. The predicted molar refractivity (Wildman–Crippen MR) is 78.1 cm³/mol. The highest BCUT2D eigenvalue weighted by atomic mass is 15.2. The fourth-order valence-electron chi connectivity index (χ4n) is 2.48. The molecule has 3 nitrogen and oxygen atoms in total. The molecule has 2 N–H and O–H groups in total. The molecule has 0 bridgehead atoms. The van der Waals surface area contributed by atoms with Gasteiger partial charge in [-0.15, -0.1) is 0 Å². The molecule has 0 atom stereocenters. The summed E-state index contributed by atoms with van der Waals surface area (Å²) in [6.07, 6.45) is 0. The van der Waals surface area contributed by atoms with Gasteiger partial charge < -0.3 is 15.5 Å². The highest BCUT2D eigenvalue weighted by Crippen LogP contribution is 2.26. The molecular formula is C15H25N3. The summed E-state index contributed by atoms with van der Waals surface area (Å²) in [6.45, 7) is 9.56. The van der Waals surface area contributed by atoms with Crippen LogP contribution in [0.5, 0.6) is 0 Å². The Kier molecular flexibility index (Phi) is 4.25. The van der Waals surface area contributed by atoms with Crippen LogP contribution >= 0.6 is 0 Å². The molecule has 0 aliphatic carbocycles. The van der Waals surface area contributed by atoms with Gasteiger partial charge in [0.25, 0.3) is 0 Å². The Hall–Kier alpha value is -1.06. The quantitative estimate of drug-likeness (QED) is 0.887.